The lowest BCUT2D eigenvalue weighted by Gasteiger charge is -2.38. The van der Waals surface area contributed by atoms with Gasteiger partial charge in [-0.25, -0.2) is 16.8 Å². The second-order valence-corrected chi connectivity index (χ2v) is 11.4. The first kappa shape index (κ1) is 23.5. The second-order valence-electron chi connectivity index (χ2n) is 7.64. The van der Waals surface area contributed by atoms with E-state index >= 15 is 0 Å². The first-order valence-electron chi connectivity index (χ1n) is 9.83. The molecule has 1 saturated heterocycles. The van der Waals surface area contributed by atoms with Gasteiger partial charge in [0, 0.05) is 25.7 Å². The Balaban J connectivity index is 1.91. The minimum absolute atomic E-state index is 0.0345. The summed E-state index contributed by atoms with van der Waals surface area (Å²) in [5, 5.41) is 0. The zero-order valence-electron chi connectivity index (χ0n) is 18.3. The summed E-state index contributed by atoms with van der Waals surface area (Å²) in [6, 6.07) is 9.38. The molecular weight excluding hydrogens is 440 g/mol. The lowest BCUT2D eigenvalue weighted by molar-refractivity contribution is 0.212. The number of nitrogens with zero attached hydrogens (tertiary/aromatic N) is 2. The molecule has 0 saturated carbocycles. The summed E-state index contributed by atoms with van der Waals surface area (Å²) in [7, 11) is -4.87. The molecule has 31 heavy (non-hydrogen) atoms. The third kappa shape index (κ3) is 4.43. The minimum Gasteiger partial charge on any atom is -0.495 e. The summed E-state index contributed by atoms with van der Waals surface area (Å²) in [5.41, 5.74) is 1.58. The number of hydrogen-bond acceptors (Lipinski definition) is 6. The maximum Gasteiger partial charge on any atom is 0.247 e. The van der Waals surface area contributed by atoms with Crippen LogP contribution in [0, 0.1) is 13.8 Å². The van der Waals surface area contributed by atoms with Crippen molar-refractivity contribution >= 4 is 20.0 Å². The monoisotopic (exact) mass is 468 g/mol. The van der Waals surface area contributed by atoms with Crippen LogP contribution < -0.4 is 9.47 Å². The first-order chi connectivity index (χ1) is 14.5. The predicted octanol–water partition coefficient (Wildman–Crippen LogP) is 2.40. The molecule has 0 aromatic heterocycles. The van der Waals surface area contributed by atoms with Crippen LogP contribution in [0.15, 0.2) is 46.2 Å². The molecule has 1 aliphatic heterocycles. The zero-order chi connectivity index (χ0) is 23.0. The molecule has 1 atom stereocenters. The van der Waals surface area contributed by atoms with Gasteiger partial charge in [0.1, 0.15) is 21.3 Å². The molecule has 1 heterocycles. The van der Waals surface area contributed by atoms with E-state index in [2.05, 4.69) is 0 Å². The Morgan fingerprint density at radius 1 is 0.806 bits per heavy atom. The summed E-state index contributed by atoms with van der Waals surface area (Å²) < 4.78 is 66.5. The van der Waals surface area contributed by atoms with Gasteiger partial charge >= 0.3 is 0 Å². The molecule has 0 bridgehead atoms. The summed E-state index contributed by atoms with van der Waals surface area (Å²) in [6.45, 7) is 5.43. The molecule has 0 aliphatic carbocycles. The van der Waals surface area contributed by atoms with Crippen molar-refractivity contribution in [2.45, 2.75) is 36.6 Å². The van der Waals surface area contributed by atoms with Crippen LogP contribution in [0.3, 0.4) is 0 Å². The quantitative estimate of drug-likeness (QED) is 0.646. The number of sulfonamides is 2. The number of benzene rings is 2. The van der Waals surface area contributed by atoms with Crippen LogP contribution in [-0.2, 0) is 20.0 Å². The highest BCUT2D eigenvalue weighted by Gasteiger charge is 2.39. The smallest absolute Gasteiger partial charge is 0.247 e. The van der Waals surface area contributed by atoms with E-state index in [1.807, 2.05) is 6.92 Å². The van der Waals surface area contributed by atoms with Gasteiger partial charge in [0.15, 0.2) is 0 Å². The molecule has 170 valence electrons. The van der Waals surface area contributed by atoms with Crippen molar-refractivity contribution in [3.8, 4) is 11.5 Å². The zero-order valence-corrected chi connectivity index (χ0v) is 20.0. The van der Waals surface area contributed by atoms with Gasteiger partial charge in [-0.2, -0.15) is 8.61 Å². The van der Waals surface area contributed by atoms with E-state index in [0.717, 1.165) is 11.1 Å². The summed E-state index contributed by atoms with van der Waals surface area (Å²) >= 11 is 0. The van der Waals surface area contributed by atoms with Crippen LogP contribution in [0.2, 0.25) is 0 Å². The Labute approximate surface area is 184 Å². The summed E-state index contributed by atoms with van der Waals surface area (Å²) in [6.07, 6.45) is 0. The molecule has 0 amide bonds. The van der Waals surface area contributed by atoms with Crippen molar-refractivity contribution in [2.24, 2.45) is 0 Å². The van der Waals surface area contributed by atoms with Crippen molar-refractivity contribution < 1.29 is 26.3 Å². The van der Waals surface area contributed by atoms with E-state index in [-0.39, 0.29) is 40.9 Å². The lowest BCUT2D eigenvalue weighted by Crippen LogP contribution is -2.55. The van der Waals surface area contributed by atoms with Crippen LogP contribution >= 0.6 is 0 Å². The first-order valence-corrected chi connectivity index (χ1v) is 12.7. The fraction of sp³-hybridized carbons (Fsp3) is 0.429. The molecule has 0 unspecified atom stereocenters. The standard InChI is InChI=1S/C21H28N2O6S2/c1-15-6-8-18(28-4)20(12-15)30(24,25)22-10-11-23(17(3)14-22)31(26,27)21-13-16(2)7-9-19(21)29-5/h6-9,12-13,17H,10-11,14H2,1-5H3/t17-/m1/s1. The Hall–Kier alpha value is -2.14. The van der Waals surface area contributed by atoms with Crippen LogP contribution in [0.5, 0.6) is 11.5 Å². The summed E-state index contributed by atoms with van der Waals surface area (Å²) in [5.74, 6) is 0.523. The Bertz CT molecular complexity index is 1180. The topological polar surface area (TPSA) is 93.2 Å². The van der Waals surface area contributed by atoms with Gasteiger partial charge < -0.3 is 9.47 Å². The van der Waals surface area contributed by atoms with Crippen molar-refractivity contribution in [1.29, 1.82) is 0 Å². The number of ether oxygens (including phenoxy) is 2. The van der Waals surface area contributed by atoms with Gasteiger partial charge in [-0.3, -0.25) is 0 Å². The number of piperazine rings is 1. The van der Waals surface area contributed by atoms with Crippen LogP contribution in [-0.4, -0.2) is 65.3 Å². The van der Waals surface area contributed by atoms with Gasteiger partial charge in [0.2, 0.25) is 20.0 Å². The van der Waals surface area contributed by atoms with Crippen LogP contribution in [0.25, 0.3) is 0 Å². The minimum atomic E-state index is -3.87. The fourth-order valence-electron chi connectivity index (χ4n) is 3.72. The maximum absolute atomic E-state index is 13.4. The molecule has 2 aromatic rings. The average Bonchev–Trinajstić information content (AvgIpc) is 2.73. The van der Waals surface area contributed by atoms with E-state index < -0.39 is 26.1 Å². The predicted molar refractivity (Wildman–Crippen MR) is 118 cm³/mol. The number of hydrogen-bond donors (Lipinski definition) is 0. The Morgan fingerprint density at radius 2 is 1.29 bits per heavy atom. The largest absolute Gasteiger partial charge is 0.495 e. The molecule has 0 N–H and O–H groups in total. The highest BCUT2D eigenvalue weighted by molar-refractivity contribution is 7.89. The number of aryl methyl sites for hydroxylation is 2. The van der Waals surface area contributed by atoms with E-state index in [9.17, 15) is 16.8 Å². The van der Waals surface area contributed by atoms with Gasteiger partial charge in [-0.15, -0.1) is 0 Å². The number of rotatable bonds is 6. The molecule has 2 aromatic carbocycles. The van der Waals surface area contributed by atoms with Gasteiger partial charge in [0.25, 0.3) is 0 Å². The SMILES string of the molecule is COc1ccc(C)cc1S(=O)(=O)N1CCN(S(=O)(=O)c2cc(C)ccc2OC)[C@H](C)C1. The number of methoxy groups -OCH3 is 2. The Kier molecular flexibility index (Phi) is 6.66. The van der Waals surface area contributed by atoms with Crippen LogP contribution in [0.4, 0.5) is 0 Å². The molecule has 8 nitrogen and oxygen atoms in total. The highest BCUT2D eigenvalue weighted by atomic mass is 32.2. The van der Waals surface area contributed by atoms with Crippen molar-refractivity contribution in [1.82, 2.24) is 8.61 Å². The highest BCUT2D eigenvalue weighted by Crippen LogP contribution is 2.33. The van der Waals surface area contributed by atoms with E-state index in [4.69, 9.17) is 9.47 Å². The third-order valence-electron chi connectivity index (χ3n) is 5.37. The molecule has 10 heteroatoms. The Morgan fingerprint density at radius 3 is 1.74 bits per heavy atom. The maximum atomic E-state index is 13.4. The second kappa shape index (κ2) is 8.78. The van der Waals surface area contributed by atoms with Crippen LogP contribution in [0.1, 0.15) is 18.1 Å². The van der Waals surface area contributed by atoms with Gasteiger partial charge in [-0.1, -0.05) is 12.1 Å². The average molecular weight is 469 g/mol. The molecular formula is C21H28N2O6S2. The van der Waals surface area contributed by atoms with Crippen molar-refractivity contribution in [2.75, 3.05) is 33.9 Å². The summed E-state index contributed by atoms with van der Waals surface area (Å²) in [4.78, 5) is 0.164. The third-order valence-corrected chi connectivity index (χ3v) is 9.29. The molecule has 0 spiro atoms. The lowest BCUT2D eigenvalue weighted by atomic mass is 10.2. The van der Waals surface area contributed by atoms with Crippen molar-refractivity contribution in [3.05, 3.63) is 47.5 Å². The van der Waals surface area contributed by atoms with E-state index in [1.54, 1.807) is 50.2 Å². The van der Waals surface area contributed by atoms with Gasteiger partial charge in [-0.05, 0) is 56.2 Å². The molecule has 0 radical (unpaired) electrons. The fourth-order valence-corrected chi connectivity index (χ4v) is 7.33. The normalized spacial score (nSPS) is 18.7. The van der Waals surface area contributed by atoms with Gasteiger partial charge in [0.05, 0.1) is 14.2 Å². The van der Waals surface area contributed by atoms with Crippen molar-refractivity contribution in [3.63, 3.8) is 0 Å². The van der Waals surface area contributed by atoms with E-state index in [0.29, 0.717) is 0 Å². The molecule has 3 rings (SSSR count). The molecule has 1 fully saturated rings. The molecule has 1 aliphatic rings. The van der Waals surface area contributed by atoms with E-state index in [1.165, 1.54) is 22.8 Å².